The number of amides is 3. The highest BCUT2D eigenvalue weighted by molar-refractivity contribution is 6.36. The summed E-state index contributed by atoms with van der Waals surface area (Å²) < 4.78 is 0. The molecule has 126 valence electrons. The largest absolute Gasteiger partial charge is 0.331 e. The van der Waals surface area contributed by atoms with E-state index in [1.807, 2.05) is 25.1 Å². The molecular formula is C17H17Cl2N3O2. The molecule has 3 N–H and O–H groups in total. The van der Waals surface area contributed by atoms with Crippen LogP contribution in [0.25, 0.3) is 0 Å². The molecule has 0 radical (unpaired) electrons. The van der Waals surface area contributed by atoms with E-state index < -0.39 is 6.03 Å². The molecule has 0 heterocycles. The lowest BCUT2D eigenvalue weighted by molar-refractivity contribution is -0.114. The predicted octanol–water partition coefficient (Wildman–Crippen LogP) is 4.83. The Morgan fingerprint density at radius 1 is 1.04 bits per heavy atom. The molecule has 0 bridgehead atoms. The molecule has 0 aliphatic rings. The lowest BCUT2D eigenvalue weighted by Gasteiger charge is -2.16. The SMILES string of the molecule is CC(=O)Nc1cccc([C@H](C)NC(=O)Nc2ccc(Cl)cc2Cl)c1. The third kappa shape index (κ3) is 5.15. The van der Waals surface area contributed by atoms with Gasteiger partial charge in [-0.3, -0.25) is 4.79 Å². The van der Waals surface area contributed by atoms with Gasteiger partial charge in [0.15, 0.2) is 0 Å². The first-order chi connectivity index (χ1) is 11.3. The molecule has 0 spiro atoms. The van der Waals surface area contributed by atoms with E-state index in [0.29, 0.717) is 21.4 Å². The smallest absolute Gasteiger partial charge is 0.319 e. The Hall–Kier alpha value is -2.24. The molecule has 3 amide bonds. The summed E-state index contributed by atoms with van der Waals surface area (Å²) in [6.07, 6.45) is 0. The summed E-state index contributed by atoms with van der Waals surface area (Å²) in [6.45, 7) is 3.29. The molecule has 2 rings (SSSR count). The summed E-state index contributed by atoms with van der Waals surface area (Å²) >= 11 is 11.9. The van der Waals surface area contributed by atoms with Crippen LogP contribution in [0.2, 0.25) is 10.0 Å². The van der Waals surface area contributed by atoms with Crippen LogP contribution < -0.4 is 16.0 Å². The van der Waals surface area contributed by atoms with Gasteiger partial charge in [-0.15, -0.1) is 0 Å². The Morgan fingerprint density at radius 3 is 2.46 bits per heavy atom. The number of carbonyl (C=O) groups excluding carboxylic acids is 2. The average molecular weight is 366 g/mol. The Morgan fingerprint density at radius 2 is 1.79 bits per heavy atom. The minimum Gasteiger partial charge on any atom is -0.331 e. The van der Waals surface area contributed by atoms with Crippen molar-refractivity contribution in [1.82, 2.24) is 5.32 Å². The minimum atomic E-state index is -0.392. The van der Waals surface area contributed by atoms with E-state index >= 15 is 0 Å². The molecule has 2 aromatic carbocycles. The standard InChI is InChI=1S/C17H17Cl2N3O2/c1-10(12-4-3-5-14(8-12)21-11(2)23)20-17(24)22-16-7-6-13(18)9-15(16)19/h3-10H,1-2H3,(H,21,23)(H2,20,22,24)/t10-/m0/s1. The van der Waals surface area contributed by atoms with Crippen LogP contribution in [0.15, 0.2) is 42.5 Å². The second-order valence-corrected chi connectivity index (χ2v) is 6.09. The monoisotopic (exact) mass is 365 g/mol. The van der Waals surface area contributed by atoms with Gasteiger partial charge in [0.25, 0.3) is 0 Å². The lowest BCUT2D eigenvalue weighted by atomic mass is 10.1. The molecular weight excluding hydrogens is 349 g/mol. The number of urea groups is 1. The fraction of sp³-hybridized carbons (Fsp3) is 0.176. The van der Waals surface area contributed by atoms with E-state index in [4.69, 9.17) is 23.2 Å². The van der Waals surface area contributed by atoms with Gasteiger partial charge >= 0.3 is 6.03 Å². The third-order valence-electron chi connectivity index (χ3n) is 3.23. The van der Waals surface area contributed by atoms with Crippen molar-refractivity contribution in [2.75, 3.05) is 10.6 Å². The van der Waals surface area contributed by atoms with Crippen molar-refractivity contribution in [1.29, 1.82) is 0 Å². The minimum absolute atomic E-state index is 0.150. The van der Waals surface area contributed by atoms with Crippen molar-refractivity contribution >= 4 is 46.5 Å². The van der Waals surface area contributed by atoms with Gasteiger partial charge in [0.2, 0.25) is 5.91 Å². The average Bonchev–Trinajstić information content (AvgIpc) is 2.49. The summed E-state index contributed by atoms with van der Waals surface area (Å²) in [7, 11) is 0. The van der Waals surface area contributed by atoms with Gasteiger partial charge in [-0.2, -0.15) is 0 Å². The maximum atomic E-state index is 12.1. The summed E-state index contributed by atoms with van der Waals surface area (Å²) in [6, 6.07) is 11.4. The molecule has 0 saturated carbocycles. The second kappa shape index (κ2) is 8.04. The van der Waals surface area contributed by atoms with Crippen molar-refractivity contribution in [3.63, 3.8) is 0 Å². The molecule has 0 saturated heterocycles. The number of benzene rings is 2. The molecule has 0 aliphatic carbocycles. The highest BCUT2D eigenvalue weighted by Gasteiger charge is 2.12. The fourth-order valence-corrected chi connectivity index (χ4v) is 2.57. The Kier molecular flexibility index (Phi) is 6.06. The zero-order chi connectivity index (χ0) is 17.7. The van der Waals surface area contributed by atoms with Crippen molar-refractivity contribution in [2.45, 2.75) is 19.9 Å². The molecule has 2 aromatic rings. The van der Waals surface area contributed by atoms with E-state index in [1.165, 1.54) is 6.92 Å². The normalized spacial score (nSPS) is 11.5. The maximum Gasteiger partial charge on any atom is 0.319 e. The van der Waals surface area contributed by atoms with Crippen LogP contribution in [0.5, 0.6) is 0 Å². The summed E-state index contributed by atoms with van der Waals surface area (Å²) in [5.41, 5.74) is 2.01. The van der Waals surface area contributed by atoms with Crippen LogP contribution in [0.4, 0.5) is 16.2 Å². The topological polar surface area (TPSA) is 70.2 Å². The number of rotatable bonds is 4. The van der Waals surface area contributed by atoms with E-state index in [9.17, 15) is 9.59 Å². The van der Waals surface area contributed by atoms with E-state index in [1.54, 1.807) is 24.3 Å². The van der Waals surface area contributed by atoms with Gasteiger partial charge in [0.1, 0.15) is 0 Å². The predicted molar refractivity (Wildman–Crippen MR) is 97.8 cm³/mol. The van der Waals surface area contributed by atoms with Crippen LogP contribution in [0, 0.1) is 0 Å². The Labute approximate surface area is 150 Å². The zero-order valence-corrected chi connectivity index (χ0v) is 14.7. The highest BCUT2D eigenvalue weighted by atomic mass is 35.5. The summed E-state index contributed by atoms with van der Waals surface area (Å²) in [4.78, 5) is 23.2. The molecule has 0 unspecified atom stereocenters. The van der Waals surface area contributed by atoms with Crippen LogP contribution >= 0.6 is 23.2 Å². The van der Waals surface area contributed by atoms with Crippen molar-refractivity contribution in [3.8, 4) is 0 Å². The Bertz CT molecular complexity index is 765. The number of hydrogen-bond acceptors (Lipinski definition) is 2. The Balaban J connectivity index is 2.02. The molecule has 0 fully saturated rings. The van der Waals surface area contributed by atoms with Crippen LogP contribution in [-0.2, 0) is 4.79 Å². The fourth-order valence-electron chi connectivity index (χ4n) is 2.12. The zero-order valence-electron chi connectivity index (χ0n) is 13.2. The van der Waals surface area contributed by atoms with Crippen LogP contribution in [-0.4, -0.2) is 11.9 Å². The van der Waals surface area contributed by atoms with E-state index in [0.717, 1.165) is 5.56 Å². The molecule has 24 heavy (non-hydrogen) atoms. The molecule has 1 atom stereocenters. The van der Waals surface area contributed by atoms with Gasteiger partial charge in [-0.05, 0) is 42.8 Å². The van der Waals surface area contributed by atoms with Crippen LogP contribution in [0.1, 0.15) is 25.5 Å². The molecule has 5 nitrogen and oxygen atoms in total. The molecule has 0 aromatic heterocycles. The van der Waals surface area contributed by atoms with Gasteiger partial charge < -0.3 is 16.0 Å². The number of anilines is 2. The molecule has 0 aliphatic heterocycles. The van der Waals surface area contributed by atoms with Crippen molar-refractivity contribution in [3.05, 3.63) is 58.1 Å². The van der Waals surface area contributed by atoms with Gasteiger partial charge in [0, 0.05) is 17.6 Å². The van der Waals surface area contributed by atoms with Gasteiger partial charge in [0.05, 0.1) is 16.8 Å². The van der Waals surface area contributed by atoms with Gasteiger partial charge in [-0.1, -0.05) is 35.3 Å². The number of nitrogens with one attached hydrogen (secondary N) is 3. The van der Waals surface area contributed by atoms with Crippen molar-refractivity contribution < 1.29 is 9.59 Å². The lowest BCUT2D eigenvalue weighted by Crippen LogP contribution is -2.31. The number of hydrogen-bond donors (Lipinski definition) is 3. The van der Waals surface area contributed by atoms with E-state index in [-0.39, 0.29) is 11.9 Å². The molecule has 7 heteroatoms. The first-order valence-electron chi connectivity index (χ1n) is 7.25. The van der Waals surface area contributed by atoms with Crippen molar-refractivity contribution in [2.24, 2.45) is 0 Å². The third-order valence-corrected chi connectivity index (χ3v) is 3.78. The maximum absolute atomic E-state index is 12.1. The summed E-state index contributed by atoms with van der Waals surface area (Å²) in [5.74, 6) is -0.150. The number of carbonyl (C=O) groups is 2. The van der Waals surface area contributed by atoms with Gasteiger partial charge in [-0.25, -0.2) is 4.79 Å². The first kappa shape index (κ1) is 18.1. The van der Waals surface area contributed by atoms with E-state index in [2.05, 4.69) is 16.0 Å². The second-order valence-electron chi connectivity index (χ2n) is 5.25. The summed E-state index contributed by atoms with van der Waals surface area (Å²) in [5, 5.41) is 9.05. The highest BCUT2D eigenvalue weighted by Crippen LogP contribution is 2.25. The number of halogens is 2. The quantitative estimate of drug-likeness (QED) is 0.725. The first-order valence-corrected chi connectivity index (χ1v) is 8.01. The van der Waals surface area contributed by atoms with Crippen LogP contribution in [0.3, 0.4) is 0 Å².